The highest BCUT2D eigenvalue weighted by Gasteiger charge is 2.16. The number of nitrogens with one attached hydrogen (secondary N) is 2. The Kier molecular flexibility index (Phi) is 4.80. The van der Waals surface area contributed by atoms with Crippen molar-refractivity contribution in [3.8, 4) is 0 Å². The first-order valence-electron chi connectivity index (χ1n) is 7.11. The fourth-order valence-electron chi connectivity index (χ4n) is 2.40. The maximum atomic E-state index is 12.3. The van der Waals surface area contributed by atoms with Gasteiger partial charge in [-0.25, -0.2) is 5.01 Å². The van der Waals surface area contributed by atoms with E-state index in [4.69, 9.17) is 0 Å². The van der Waals surface area contributed by atoms with Crippen LogP contribution in [0.15, 0.2) is 18.2 Å². The number of nitrogens with zero attached hydrogens (tertiary/aromatic N) is 1. The van der Waals surface area contributed by atoms with Gasteiger partial charge in [-0.1, -0.05) is 12.5 Å². The van der Waals surface area contributed by atoms with Gasteiger partial charge >= 0.3 is 0 Å². The number of carbonyl (C=O) groups is 1. The van der Waals surface area contributed by atoms with Crippen LogP contribution in [-0.2, 0) is 0 Å². The van der Waals surface area contributed by atoms with Gasteiger partial charge in [0.15, 0.2) is 0 Å². The molecular formula is C15H23N3O. The fourth-order valence-corrected chi connectivity index (χ4v) is 2.40. The van der Waals surface area contributed by atoms with Crippen LogP contribution in [0.3, 0.4) is 0 Å². The molecule has 1 amide bonds. The summed E-state index contributed by atoms with van der Waals surface area (Å²) in [4.78, 5) is 12.3. The van der Waals surface area contributed by atoms with Crippen molar-refractivity contribution in [1.82, 2.24) is 10.4 Å². The smallest absolute Gasteiger partial charge is 0.267 e. The zero-order valence-electron chi connectivity index (χ0n) is 11.8. The minimum Gasteiger partial charge on any atom is -0.385 e. The fraction of sp³-hybridized carbons (Fsp3) is 0.533. The number of carbonyl (C=O) groups excluding carboxylic acids is 1. The van der Waals surface area contributed by atoms with Crippen LogP contribution in [0.5, 0.6) is 0 Å². The average Bonchev–Trinajstić information content (AvgIpc) is 2.40. The van der Waals surface area contributed by atoms with Gasteiger partial charge in [0.05, 0.1) is 5.56 Å². The molecule has 0 atom stereocenters. The van der Waals surface area contributed by atoms with Crippen LogP contribution < -0.4 is 10.7 Å². The maximum absolute atomic E-state index is 12.3. The summed E-state index contributed by atoms with van der Waals surface area (Å²) in [6.45, 7) is 6.79. The predicted octanol–water partition coefficient (Wildman–Crippen LogP) is 2.56. The van der Waals surface area contributed by atoms with Crippen LogP contribution in [0, 0.1) is 6.92 Å². The highest BCUT2D eigenvalue weighted by molar-refractivity contribution is 5.99. The van der Waals surface area contributed by atoms with Crippen molar-refractivity contribution in [2.45, 2.75) is 33.1 Å². The summed E-state index contributed by atoms with van der Waals surface area (Å²) in [5.41, 5.74) is 5.80. The van der Waals surface area contributed by atoms with Crippen LogP contribution in [0.1, 0.15) is 42.1 Å². The second kappa shape index (κ2) is 6.57. The molecule has 0 saturated carbocycles. The third kappa shape index (κ3) is 3.70. The first kappa shape index (κ1) is 13.9. The van der Waals surface area contributed by atoms with E-state index in [1.54, 1.807) is 0 Å². The number of rotatable bonds is 4. The van der Waals surface area contributed by atoms with E-state index in [1.165, 1.54) is 6.42 Å². The molecule has 1 saturated heterocycles. The summed E-state index contributed by atoms with van der Waals surface area (Å²) in [5.74, 6) is -0.0159. The van der Waals surface area contributed by atoms with Gasteiger partial charge in [0.2, 0.25) is 0 Å². The van der Waals surface area contributed by atoms with E-state index in [9.17, 15) is 4.79 Å². The summed E-state index contributed by atoms with van der Waals surface area (Å²) in [6.07, 6.45) is 3.59. The third-order valence-electron chi connectivity index (χ3n) is 3.40. The molecular weight excluding hydrogens is 238 g/mol. The van der Waals surface area contributed by atoms with Crippen LogP contribution in [-0.4, -0.2) is 30.6 Å². The van der Waals surface area contributed by atoms with E-state index in [0.717, 1.165) is 49.3 Å². The summed E-state index contributed by atoms with van der Waals surface area (Å²) in [5, 5.41) is 5.28. The van der Waals surface area contributed by atoms with E-state index in [0.29, 0.717) is 0 Å². The number of amides is 1. The monoisotopic (exact) mass is 261 g/mol. The van der Waals surface area contributed by atoms with Gasteiger partial charge in [-0.15, -0.1) is 0 Å². The van der Waals surface area contributed by atoms with E-state index >= 15 is 0 Å². The first-order chi connectivity index (χ1) is 9.20. The van der Waals surface area contributed by atoms with Crippen LogP contribution in [0.4, 0.5) is 5.69 Å². The van der Waals surface area contributed by atoms with E-state index in [2.05, 4.69) is 10.7 Å². The Bertz CT molecular complexity index is 439. The quantitative estimate of drug-likeness (QED) is 0.875. The molecule has 4 nitrogen and oxygen atoms in total. The molecule has 4 heteroatoms. The van der Waals surface area contributed by atoms with Crippen LogP contribution >= 0.6 is 0 Å². The second-order valence-corrected chi connectivity index (χ2v) is 5.07. The Hall–Kier alpha value is -1.55. The van der Waals surface area contributed by atoms with Crippen molar-refractivity contribution in [3.63, 3.8) is 0 Å². The van der Waals surface area contributed by atoms with Crippen molar-refractivity contribution in [3.05, 3.63) is 29.3 Å². The lowest BCUT2D eigenvalue weighted by Gasteiger charge is -2.27. The standard InChI is InChI=1S/C15H23N3O/c1-3-16-14-11-12(2)7-8-13(14)15(19)17-18-9-5-4-6-10-18/h7-8,11,16H,3-6,9-10H2,1-2H3,(H,17,19). The van der Waals surface area contributed by atoms with Gasteiger partial charge < -0.3 is 5.32 Å². The summed E-state index contributed by atoms with van der Waals surface area (Å²) in [6, 6.07) is 5.90. The van der Waals surface area contributed by atoms with E-state index in [-0.39, 0.29) is 5.91 Å². The Morgan fingerprint density at radius 1 is 1.26 bits per heavy atom. The number of piperidine rings is 1. The van der Waals surface area contributed by atoms with E-state index in [1.807, 2.05) is 37.1 Å². The number of benzene rings is 1. The topological polar surface area (TPSA) is 44.4 Å². The average molecular weight is 261 g/mol. The number of hydrogen-bond acceptors (Lipinski definition) is 3. The lowest BCUT2D eigenvalue weighted by atomic mass is 10.1. The normalized spacial score (nSPS) is 16.1. The van der Waals surface area contributed by atoms with Crippen LogP contribution in [0.2, 0.25) is 0 Å². The Morgan fingerprint density at radius 3 is 2.68 bits per heavy atom. The molecule has 1 fully saturated rings. The van der Waals surface area contributed by atoms with Gasteiger partial charge in [-0.05, 0) is 44.4 Å². The molecule has 0 aromatic heterocycles. The van der Waals surface area contributed by atoms with Crippen molar-refractivity contribution in [2.75, 3.05) is 25.0 Å². The largest absolute Gasteiger partial charge is 0.385 e. The number of hydrogen-bond donors (Lipinski definition) is 2. The van der Waals surface area contributed by atoms with Gasteiger partial charge in [0.25, 0.3) is 5.91 Å². The summed E-state index contributed by atoms with van der Waals surface area (Å²) < 4.78 is 0. The maximum Gasteiger partial charge on any atom is 0.267 e. The molecule has 104 valence electrons. The van der Waals surface area contributed by atoms with Crippen molar-refractivity contribution in [2.24, 2.45) is 0 Å². The zero-order chi connectivity index (χ0) is 13.7. The molecule has 0 unspecified atom stereocenters. The van der Waals surface area contributed by atoms with Gasteiger partial charge in [-0.2, -0.15) is 0 Å². The zero-order valence-corrected chi connectivity index (χ0v) is 11.8. The number of hydrazine groups is 1. The molecule has 2 rings (SSSR count). The molecule has 1 aromatic rings. The molecule has 0 bridgehead atoms. The first-order valence-corrected chi connectivity index (χ1v) is 7.11. The predicted molar refractivity (Wildman–Crippen MR) is 78.2 cm³/mol. The highest BCUT2D eigenvalue weighted by Crippen LogP contribution is 2.18. The molecule has 0 spiro atoms. The minimum absolute atomic E-state index is 0.0159. The Labute approximate surface area is 115 Å². The molecule has 2 N–H and O–H groups in total. The molecule has 1 aliphatic heterocycles. The van der Waals surface area contributed by atoms with Gasteiger partial charge in [0, 0.05) is 25.3 Å². The lowest BCUT2D eigenvalue weighted by molar-refractivity contribution is 0.0751. The third-order valence-corrected chi connectivity index (χ3v) is 3.40. The summed E-state index contributed by atoms with van der Waals surface area (Å²) in [7, 11) is 0. The number of anilines is 1. The SMILES string of the molecule is CCNc1cc(C)ccc1C(=O)NN1CCCCC1. The highest BCUT2D eigenvalue weighted by atomic mass is 16.2. The molecule has 0 radical (unpaired) electrons. The van der Waals surface area contributed by atoms with Crippen molar-refractivity contribution < 1.29 is 4.79 Å². The summed E-state index contributed by atoms with van der Waals surface area (Å²) >= 11 is 0. The second-order valence-electron chi connectivity index (χ2n) is 5.07. The molecule has 19 heavy (non-hydrogen) atoms. The Balaban J connectivity index is 2.08. The van der Waals surface area contributed by atoms with Crippen LogP contribution in [0.25, 0.3) is 0 Å². The molecule has 1 heterocycles. The number of aryl methyl sites for hydroxylation is 1. The van der Waals surface area contributed by atoms with E-state index < -0.39 is 0 Å². The van der Waals surface area contributed by atoms with Crippen molar-refractivity contribution in [1.29, 1.82) is 0 Å². The lowest BCUT2D eigenvalue weighted by Crippen LogP contribution is -2.45. The molecule has 1 aromatic carbocycles. The Morgan fingerprint density at radius 2 is 2.00 bits per heavy atom. The van der Waals surface area contributed by atoms with Crippen molar-refractivity contribution >= 4 is 11.6 Å². The van der Waals surface area contributed by atoms with Gasteiger partial charge in [-0.3, -0.25) is 10.2 Å². The molecule has 1 aliphatic rings. The molecule has 0 aliphatic carbocycles. The minimum atomic E-state index is -0.0159. The van der Waals surface area contributed by atoms with Gasteiger partial charge in [0.1, 0.15) is 0 Å².